The van der Waals surface area contributed by atoms with Crippen molar-refractivity contribution in [3.05, 3.63) is 35.4 Å². The van der Waals surface area contributed by atoms with Crippen LogP contribution < -0.4 is 5.32 Å². The molecule has 25 heavy (non-hydrogen) atoms. The fourth-order valence-corrected chi connectivity index (χ4v) is 4.86. The molecule has 140 valence electrons. The molecule has 1 aromatic carbocycles. The summed E-state index contributed by atoms with van der Waals surface area (Å²) in [5.74, 6) is 1.63. The van der Waals surface area contributed by atoms with Crippen molar-refractivity contribution in [2.24, 2.45) is 5.92 Å². The zero-order valence-electron chi connectivity index (χ0n) is 15.0. The van der Waals surface area contributed by atoms with E-state index >= 15 is 0 Å². The Morgan fingerprint density at radius 3 is 2.72 bits per heavy atom. The van der Waals surface area contributed by atoms with Crippen molar-refractivity contribution in [1.29, 1.82) is 0 Å². The molecule has 0 aromatic heterocycles. The zero-order chi connectivity index (χ0) is 18.3. The smallest absolute Gasteiger partial charge is 0.224 e. The molecule has 5 nitrogen and oxygen atoms in total. The van der Waals surface area contributed by atoms with Gasteiger partial charge in [0.05, 0.1) is 11.7 Å². The highest BCUT2D eigenvalue weighted by Gasteiger charge is 2.31. The summed E-state index contributed by atoms with van der Waals surface area (Å²) in [5, 5.41) is 2.96. The molecule has 1 aliphatic rings. The molecule has 1 heterocycles. The molecule has 0 bridgehead atoms. The lowest BCUT2D eigenvalue weighted by Crippen LogP contribution is -2.46. The van der Waals surface area contributed by atoms with Gasteiger partial charge in [0, 0.05) is 31.1 Å². The molecular weight excluding hydrogens is 356 g/mol. The monoisotopic (exact) mass is 384 g/mol. The van der Waals surface area contributed by atoms with E-state index in [0.29, 0.717) is 19.6 Å². The summed E-state index contributed by atoms with van der Waals surface area (Å²) in [6.07, 6.45) is 1.51. The average Bonchev–Trinajstić information content (AvgIpc) is 2.63. The standard InChI is InChI=1S/C18H28N2O3S2/c1-3-25(22,23)20-11-4-5-17(13-20)18(21)19-10-12-24-14-16-8-6-15(2)7-9-16/h6-9,17H,3-5,10-14H2,1-2H3,(H,19,21)/t17-/m1/s1. The largest absolute Gasteiger partial charge is 0.355 e. The number of benzene rings is 1. The molecule has 7 heteroatoms. The van der Waals surface area contributed by atoms with Crippen LogP contribution in [-0.4, -0.2) is 49.8 Å². The predicted molar refractivity (Wildman–Crippen MR) is 104 cm³/mol. The maximum atomic E-state index is 12.3. The fourth-order valence-electron chi connectivity index (χ4n) is 2.86. The number of amides is 1. The van der Waals surface area contributed by atoms with Gasteiger partial charge in [-0.3, -0.25) is 4.79 Å². The Balaban J connectivity index is 1.68. The Bertz CT molecular complexity index is 659. The van der Waals surface area contributed by atoms with Gasteiger partial charge in [0.15, 0.2) is 0 Å². The first-order valence-electron chi connectivity index (χ1n) is 8.81. The first-order chi connectivity index (χ1) is 11.9. The summed E-state index contributed by atoms with van der Waals surface area (Å²) in [6, 6.07) is 8.48. The zero-order valence-corrected chi connectivity index (χ0v) is 16.7. The van der Waals surface area contributed by atoms with Crippen molar-refractivity contribution in [2.45, 2.75) is 32.4 Å². The van der Waals surface area contributed by atoms with Gasteiger partial charge < -0.3 is 5.32 Å². The second kappa shape index (κ2) is 9.59. The number of piperidine rings is 1. The highest BCUT2D eigenvalue weighted by Crippen LogP contribution is 2.19. The summed E-state index contributed by atoms with van der Waals surface area (Å²) in [6.45, 7) is 5.19. The normalized spacial score (nSPS) is 18.9. The molecule has 1 fully saturated rings. The van der Waals surface area contributed by atoms with Crippen LogP contribution in [0.1, 0.15) is 30.9 Å². The lowest BCUT2D eigenvalue weighted by atomic mass is 9.99. The third kappa shape index (κ3) is 6.31. The summed E-state index contributed by atoms with van der Waals surface area (Å²) in [4.78, 5) is 12.3. The lowest BCUT2D eigenvalue weighted by molar-refractivity contribution is -0.125. The van der Waals surface area contributed by atoms with Crippen LogP contribution in [0, 0.1) is 12.8 Å². The van der Waals surface area contributed by atoms with E-state index < -0.39 is 10.0 Å². The lowest BCUT2D eigenvalue weighted by Gasteiger charge is -2.30. The molecule has 0 spiro atoms. The quantitative estimate of drug-likeness (QED) is 0.699. The van der Waals surface area contributed by atoms with Gasteiger partial charge >= 0.3 is 0 Å². The highest BCUT2D eigenvalue weighted by molar-refractivity contribution is 7.98. The van der Waals surface area contributed by atoms with Crippen LogP contribution in [0.2, 0.25) is 0 Å². The van der Waals surface area contributed by atoms with Crippen LogP contribution in [0.3, 0.4) is 0 Å². The van der Waals surface area contributed by atoms with Gasteiger partial charge in [0.2, 0.25) is 15.9 Å². The Morgan fingerprint density at radius 2 is 2.04 bits per heavy atom. The van der Waals surface area contributed by atoms with Crippen LogP contribution in [0.25, 0.3) is 0 Å². The predicted octanol–water partition coefficient (Wildman–Crippen LogP) is 2.41. The number of hydrogen-bond donors (Lipinski definition) is 1. The van der Waals surface area contributed by atoms with Crippen molar-refractivity contribution < 1.29 is 13.2 Å². The SMILES string of the molecule is CCS(=O)(=O)N1CCC[C@@H](C(=O)NCCSCc2ccc(C)cc2)C1. The van der Waals surface area contributed by atoms with Gasteiger partial charge in [0.1, 0.15) is 0 Å². The van der Waals surface area contributed by atoms with E-state index in [9.17, 15) is 13.2 Å². The van der Waals surface area contributed by atoms with Crippen LogP contribution in [0.5, 0.6) is 0 Å². The number of nitrogens with one attached hydrogen (secondary N) is 1. The van der Waals surface area contributed by atoms with E-state index in [0.717, 1.165) is 24.3 Å². The number of carbonyl (C=O) groups is 1. The molecule has 1 N–H and O–H groups in total. The van der Waals surface area contributed by atoms with E-state index in [1.165, 1.54) is 15.4 Å². The fraction of sp³-hybridized carbons (Fsp3) is 0.611. The van der Waals surface area contributed by atoms with E-state index in [-0.39, 0.29) is 17.6 Å². The number of rotatable bonds is 8. The Hall–Kier alpha value is -1.05. The molecule has 1 aliphatic heterocycles. The molecule has 1 saturated heterocycles. The Labute approximate surface area is 155 Å². The van der Waals surface area contributed by atoms with Crippen LogP contribution in [0.15, 0.2) is 24.3 Å². The first kappa shape index (κ1) is 20.3. The van der Waals surface area contributed by atoms with Gasteiger partial charge in [-0.25, -0.2) is 12.7 Å². The van der Waals surface area contributed by atoms with Gasteiger partial charge in [0.25, 0.3) is 0 Å². The Kier molecular flexibility index (Phi) is 7.78. The van der Waals surface area contributed by atoms with E-state index in [1.54, 1.807) is 18.7 Å². The number of thioether (sulfide) groups is 1. The third-order valence-electron chi connectivity index (χ3n) is 4.45. The van der Waals surface area contributed by atoms with Gasteiger partial charge in [-0.1, -0.05) is 29.8 Å². The minimum atomic E-state index is -3.20. The summed E-state index contributed by atoms with van der Waals surface area (Å²) < 4.78 is 25.4. The maximum absolute atomic E-state index is 12.3. The third-order valence-corrected chi connectivity index (χ3v) is 7.33. The first-order valence-corrected chi connectivity index (χ1v) is 11.6. The number of nitrogens with zero attached hydrogens (tertiary/aromatic N) is 1. The van der Waals surface area contributed by atoms with Crippen molar-refractivity contribution in [3.63, 3.8) is 0 Å². The van der Waals surface area contributed by atoms with Crippen molar-refractivity contribution in [2.75, 3.05) is 31.1 Å². The molecular formula is C18H28N2O3S2. The molecule has 0 unspecified atom stereocenters. The maximum Gasteiger partial charge on any atom is 0.224 e. The van der Waals surface area contributed by atoms with Crippen LogP contribution in [0.4, 0.5) is 0 Å². The minimum absolute atomic E-state index is 0.0214. The Morgan fingerprint density at radius 1 is 1.32 bits per heavy atom. The molecule has 0 aliphatic carbocycles. The van der Waals surface area contributed by atoms with E-state index in [2.05, 4.69) is 36.5 Å². The molecule has 1 atom stereocenters. The van der Waals surface area contributed by atoms with E-state index in [4.69, 9.17) is 0 Å². The summed E-state index contributed by atoms with van der Waals surface area (Å²) in [7, 11) is -3.20. The highest BCUT2D eigenvalue weighted by atomic mass is 32.2. The van der Waals surface area contributed by atoms with Crippen LogP contribution in [-0.2, 0) is 20.6 Å². The molecule has 0 radical (unpaired) electrons. The number of hydrogen-bond acceptors (Lipinski definition) is 4. The number of aryl methyl sites for hydroxylation is 1. The number of sulfonamides is 1. The van der Waals surface area contributed by atoms with Gasteiger partial charge in [-0.2, -0.15) is 11.8 Å². The van der Waals surface area contributed by atoms with E-state index in [1.807, 2.05) is 0 Å². The molecule has 0 saturated carbocycles. The second-order valence-corrected chi connectivity index (χ2v) is 9.79. The van der Waals surface area contributed by atoms with Gasteiger partial charge in [-0.15, -0.1) is 0 Å². The van der Waals surface area contributed by atoms with Gasteiger partial charge in [-0.05, 0) is 32.3 Å². The second-order valence-electron chi connectivity index (χ2n) is 6.43. The average molecular weight is 385 g/mol. The minimum Gasteiger partial charge on any atom is -0.355 e. The van der Waals surface area contributed by atoms with Crippen molar-refractivity contribution in [1.82, 2.24) is 9.62 Å². The summed E-state index contributed by atoms with van der Waals surface area (Å²) in [5.41, 5.74) is 2.54. The number of carbonyl (C=O) groups excluding carboxylic acids is 1. The summed E-state index contributed by atoms with van der Waals surface area (Å²) >= 11 is 1.79. The molecule has 2 rings (SSSR count). The molecule has 1 aromatic rings. The molecule has 1 amide bonds. The topological polar surface area (TPSA) is 66.5 Å². The van der Waals surface area contributed by atoms with Crippen molar-refractivity contribution >= 4 is 27.7 Å². The van der Waals surface area contributed by atoms with Crippen LogP contribution >= 0.6 is 11.8 Å². The van der Waals surface area contributed by atoms with Crippen molar-refractivity contribution in [3.8, 4) is 0 Å².